The van der Waals surface area contributed by atoms with Gasteiger partial charge in [0.1, 0.15) is 5.37 Å². The van der Waals surface area contributed by atoms with Crippen LogP contribution >= 0.6 is 11.8 Å². The summed E-state index contributed by atoms with van der Waals surface area (Å²) in [7, 11) is 0. The highest BCUT2D eigenvalue weighted by Gasteiger charge is 2.34. The summed E-state index contributed by atoms with van der Waals surface area (Å²) < 4.78 is 0. The van der Waals surface area contributed by atoms with Crippen molar-refractivity contribution in [3.63, 3.8) is 0 Å². The van der Waals surface area contributed by atoms with Crippen LogP contribution < -0.4 is 10.2 Å². The largest absolute Gasteiger partial charge is 0.326 e. The van der Waals surface area contributed by atoms with Crippen molar-refractivity contribution >= 4 is 35.0 Å². The van der Waals surface area contributed by atoms with Crippen molar-refractivity contribution in [3.05, 3.63) is 59.2 Å². The van der Waals surface area contributed by atoms with Crippen LogP contribution in [0.25, 0.3) is 0 Å². The van der Waals surface area contributed by atoms with Gasteiger partial charge >= 0.3 is 0 Å². The summed E-state index contributed by atoms with van der Waals surface area (Å²) >= 11 is 1.64. The van der Waals surface area contributed by atoms with Gasteiger partial charge in [-0.2, -0.15) is 0 Å². The fourth-order valence-corrected chi connectivity index (χ4v) is 4.51. The SMILES string of the molecule is CCCCC(=O)Nc1ccc([C@@H]2SCC(=O)N2c2cc(C)cc(C)c2)cc1. The van der Waals surface area contributed by atoms with Crippen molar-refractivity contribution in [2.24, 2.45) is 0 Å². The number of thioether (sulfide) groups is 1. The van der Waals surface area contributed by atoms with Crippen LogP contribution in [0.5, 0.6) is 0 Å². The Morgan fingerprint density at radius 1 is 1.15 bits per heavy atom. The number of nitrogens with zero attached hydrogens (tertiary/aromatic N) is 1. The van der Waals surface area contributed by atoms with Crippen LogP contribution in [-0.4, -0.2) is 17.6 Å². The van der Waals surface area contributed by atoms with Gasteiger partial charge in [-0.25, -0.2) is 0 Å². The Morgan fingerprint density at radius 2 is 1.81 bits per heavy atom. The molecule has 1 aliphatic rings. The maximum Gasteiger partial charge on any atom is 0.238 e. The van der Waals surface area contributed by atoms with E-state index in [1.165, 1.54) is 0 Å². The first-order chi connectivity index (χ1) is 13.0. The molecule has 1 fully saturated rings. The Labute approximate surface area is 165 Å². The molecule has 0 aliphatic carbocycles. The molecular formula is C22H26N2O2S. The Kier molecular flexibility index (Phi) is 6.22. The quantitative estimate of drug-likeness (QED) is 0.746. The van der Waals surface area contributed by atoms with E-state index in [1.54, 1.807) is 11.8 Å². The molecule has 142 valence electrons. The first-order valence-corrected chi connectivity index (χ1v) is 10.4. The summed E-state index contributed by atoms with van der Waals surface area (Å²) in [6, 6.07) is 14.1. The van der Waals surface area contributed by atoms with Crippen molar-refractivity contribution < 1.29 is 9.59 Å². The summed E-state index contributed by atoms with van der Waals surface area (Å²) in [4.78, 5) is 26.3. The fourth-order valence-electron chi connectivity index (χ4n) is 3.33. The molecule has 2 aromatic carbocycles. The van der Waals surface area contributed by atoms with Gasteiger partial charge < -0.3 is 5.32 Å². The second-order valence-electron chi connectivity index (χ2n) is 7.05. The van der Waals surface area contributed by atoms with Crippen LogP contribution in [0.2, 0.25) is 0 Å². The summed E-state index contributed by atoms with van der Waals surface area (Å²) in [6.07, 6.45) is 2.45. The molecule has 1 heterocycles. The van der Waals surface area contributed by atoms with Crippen LogP contribution in [0.3, 0.4) is 0 Å². The van der Waals surface area contributed by atoms with Crippen LogP contribution in [-0.2, 0) is 9.59 Å². The summed E-state index contributed by atoms with van der Waals surface area (Å²) in [5.41, 5.74) is 5.12. The number of aryl methyl sites for hydroxylation is 2. The highest BCUT2D eigenvalue weighted by molar-refractivity contribution is 8.00. The molecule has 0 bridgehead atoms. The van der Waals surface area contributed by atoms with Crippen molar-refractivity contribution in [2.75, 3.05) is 16.0 Å². The summed E-state index contributed by atoms with van der Waals surface area (Å²) in [5, 5.41) is 2.90. The average Bonchev–Trinajstić information content (AvgIpc) is 3.01. The lowest BCUT2D eigenvalue weighted by Crippen LogP contribution is -2.28. The van der Waals surface area contributed by atoms with E-state index in [4.69, 9.17) is 0 Å². The van der Waals surface area contributed by atoms with E-state index in [0.717, 1.165) is 40.9 Å². The topological polar surface area (TPSA) is 49.4 Å². The number of rotatable bonds is 6. The molecule has 1 saturated heterocycles. The summed E-state index contributed by atoms with van der Waals surface area (Å²) in [6.45, 7) is 6.18. The fraction of sp³-hybridized carbons (Fsp3) is 0.364. The lowest BCUT2D eigenvalue weighted by Gasteiger charge is -2.25. The standard InChI is InChI=1S/C22H26N2O2S/c1-4-5-6-20(25)23-18-9-7-17(8-10-18)22-24(21(26)14-27-22)19-12-15(2)11-16(3)13-19/h7-13,22H,4-6,14H2,1-3H3,(H,23,25)/t22-/m0/s1. The number of unbranched alkanes of at least 4 members (excludes halogenated alkanes) is 1. The highest BCUT2D eigenvalue weighted by atomic mass is 32.2. The normalized spacial score (nSPS) is 16.6. The van der Waals surface area contributed by atoms with Gasteiger partial charge in [0.05, 0.1) is 5.75 Å². The van der Waals surface area contributed by atoms with Crippen LogP contribution in [0.4, 0.5) is 11.4 Å². The van der Waals surface area contributed by atoms with Gasteiger partial charge in [0.2, 0.25) is 11.8 Å². The molecule has 5 heteroatoms. The second-order valence-corrected chi connectivity index (χ2v) is 8.12. The molecule has 2 amide bonds. The van der Waals surface area contributed by atoms with Gasteiger partial charge in [-0.3, -0.25) is 14.5 Å². The number of anilines is 2. The number of carbonyl (C=O) groups is 2. The Hall–Kier alpha value is -2.27. The maximum absolute atomic E-state index is 12.5. The third-order valence-corrected chi connectivity index (χ3v) is 5.80. The molecule has 1 N–H and O–H groups in total. The number of benzene rings is 2. The molecule has 0 aromatic heterocycles. The maximum atomic E-state index is 12.5. The Morgan fingerprint density at radius 3 is 2.44 bits per heavy atom. The smallest absolute Gasteiger partial charge is 0.238 e. The van der Waals surface area contributed by atoms with Gasteiger partial charge in [0.15, 0.2) is 0 Å². The monoisotopic (exact) mass is 382 g/mol. The van der Waals surface area contributed by atoms with Gasteiger partial charge in [-0.1, -0.05) is 31.5 Å². The molecule has 4 nitrogen and oxygen atoms in total. The molecule has 27 heavy (non-hydrogen) atoms. The summed E-state index contributed by atoms with van der Waals surface area (Å²) in [5.74, 6) is 0.659. The minimum Gasteiger partial charge on any atom is -0.326 e. The van der Waals surface area contributed by atoms with E-state index >= 15 is 0 Å². The lowest BCUT2D eigenvalue weighted by molar-refractivity contribution is -0.116. The molecule has 0 radical (unpaired) electrons. The first-order valence-electron chi connectivity index (χ1n) is 9.39. The third-order valence-electron chi connectivity index (χ3n) is 4.59. The highest BCUT2D eigenvalue weighted by Crippen LogP contribution is 2.42. The Bertz CT molecular complexity index is 812. The van der Waals surface area contributed by atoms with E-state index in [2.05, 4.69) is 44.3 Å². The van der Waals surface area contributed by atoms with Gasteiger partial charge in [-0.15, -0.1) is 11.8 Å². The van der Waals surface area contributed by atoms with Crippen LogP contribution in [0.1, 0.15) is 48.3 Å². The predicted molar refractivity (Wildman–Crippen MR) is 113 cm³/mol. The molecule has 0 saturated carbocycles. The lowest BCUT2D eigenvalue weighted by atomic mass is 10.1. The molecule has 2 aromatic rings. The average molecular weight is 383 g/mol. The second kappa shape index (κ2) is 8.61. The number of hydrogen-bond donors (Lipinski definition) is 1. The van der Waals surface area contributed by atoms with E-state index in [0.29, 0.717) is 12.2 Å². The van der Waals surface area contributed by atoms with Crippen molar-refractivity contribution in [1.29, 1.82) is 0 Å². The minimum absolute atomic E-state index is 0.0384. The van der Waals surface area contributed by atoms with Crippen molar-refractivity contribution in [2.45, 2.75) is 45.4 Å². The molecular weight excluding hydrogens is 356 g/mol. The van der Waals surface area contributed by atoms with Gasteiger partial charge in [-0.05, 0) is 61.2 Å². The molecule has 1 atom stereocenters. The third kappa shape index (κ3) is 4.72. The zero-order valence-electron chi connectivity index (χ0n) is 16.1. The van der Waals surface area contributed by atoms with Gasteiger partial charge in [0.25, 0.3) is 0 Å². The number of carbonyl (C=O) groups excluding carboxylic acids is 2. The van der Waals surface area contributed by atoms with Crippen LogP contribution in [0, 0.1) is 13.8 Å². The Balaban J connectivity index is 1.78. The molecule has 1 aliphatic heterocycles. The van der Waals surface area contributed by atoms with E-state index in [9.17, 15) is 9.59 Å². The number of nitrogens with one attached hydrogen (secondary N) is 1. The van der Waals surface area contributed by atoms with E-state index in [1.807, 2.05) is 29.2 Å². The molecule has 0 unspecified atom stereocenters. The van der Waals surface area contributed by atoms with E-state index < -0.39 is 0 Å². The zero-order chi connectivity index (χ0) is 19.4. The molecule has 3 rings (SSSR count). The van der Waals surface area contributed by atoms with Crippen molar-refractivity contribution in [3.8, 4) is 0 Å². The molecule has 0 spiro atoms. The number of hydrogen-bond acceptors (Lipinski definition) is 3. The van der Waals surface area contributed by atoms with Crippen LogP contribution in [0.15, 0.2) is 42.5 Å². The van der Waals surface area contributed by atoms with Crippen molar-refractivity contribution in [1.82, 2.24) is 0 Å². The minimum atomic E-state index is -0.0384. The predicted octanol–water partition coefficient (Wildman–Crippen LogP) is 5.21. The van der Waals surface area contributed by atoms with E-state index in [-0.39, 0.29) is 17.2 Å². The zero-order valence-corrected chi connectivity index (χ0v) is 16.9. The van der Waals surface area contributed by atoms with Gasteiger partial charge in [0, 0.05) is 17.8 Å². The first kappa shape index (κ1) is 19.5. The number of amides is 2.